The highest BCUT2D eigenvalue weighted by Gasteiger charge is 2.42. The Balaban J connectivity index is 2.19. The number of nitrogens with two attached hydrogens (primary N) is 1. The van der Waals surface area contributed by atoms with E-state index in [1.54, 1.807) is 0 Å². The summed E-state index contributed by atoms with van der Waals surface area (Å²) in [5, 5.41) is 10.3. The first kappa shape index (κ1) is 11.1. The van der Waals surface area contributed by atoms with Gasteiger partial charge >= 0.3 is 0 Å². The molecule has 0 saturated heterocycles. The Bertz CT molecular complexity index is 326. The third kappa shape index (κ3) is 1.96. The van der Waals surface area contributed by atoms with Gasteiger partial charge in [-0.05, 0) is 30.5 Å². The molecule has 0 heterocycles. The minimum absolute atomic E-state index is 0.0617. The molecular weight excluding hydrogens is 254 g/mol. The van der Waals surface area contributed by atoms with Gasteiger partial charge < -0.3 is 10.8 Å². The van der Waals surface area contributed by atoms with Crippen LogP contribution in [-0.4, -0.2) is 11.7 Å². The van der Waals surface area contributed by atoms with Crippen LogP contribution in [0, 0.1) is 5.41 Å². The molecule has 0 radical (unpaired) electrons. The number of benzene rings is 1. The number of hydrogen-bond acceptors (Lipinski definition) is 2. The Morgan fingerprint density at radius 2 is 1.93 bits per heavy atom. The minimum atomic E-state index is -0.413. The third-order valence-electron chi connectivity index (χ3n) is 3.52. The zero-order chi connectivity index (χ0) is 10.9. The summed E-state index contributed by atoms with van der Waals surface area (Å²) < 4.78 is 1.04. The largest absolute Gasteiger partial charge is 0.388 e. The lowest BCUT2D eigenvalue weighted by molar-refractivity contribution is -0.0296. The van der Waals surface area contributed by atoms with Crippen LogP contribution in [0.4, 0.5) is 0 Å². The van der Waals surface area contributed by atoms with E-state index in [0.29, 0.717) is 6.54 Å². The summed E-state index contributed by atoms with van der Waals surface area (Å²) in [7, 11) is 0. The topological polar surface area (TPSA) is 46.2 Å². The Hall–Kier alpha value is -0.380. The van der Waals surface area contributed by atoms with Gasteiger partial charge in [0.2, 0.25) is 0 Å². The number of halogens is 1. The normalized spacial score (nSPS) is 20.7. The zero-order valence-corrected chi connectivity index (χ0v) is 10.2. The van der Waals surface area contributed by atoms with Crippen molar-refractivity contribution in [3.63, 3.8) is 0 Å². The summed E-state index contributed by atoms with van der Waals surface area (Å²) in [5.74, 6) is 0. The maximum Gasteiger partial charge on any atom is 0.0858 e. The molecule has 0 aliphatic heterocycles. The van der Waals surface area contributed by atoms with Gasteiger partial charge in [-0.3, -0.25) is 0 Å². The maximum atomic E-state index is 10.3. The average molecular weight is 270 g/mol. The first-order chi connectivity index (χ1) is 7.18. The summed E-state index contributed by atoms with van der Waals surface area (Å²) in [6.07, 6.45) is 2.86. The SMILES string of the molecule is NCC1(C(O)c2ccc(Br)cc2)CCC1. The molecule has 1 saturated carbocycles. The van der Waals surface area contributed by atoms with E-state index in [2.05, 4.69) is 15.9 Å². The molecule has 1 aromatic rings. The van der Waals surface area contributed by atoms with E-state index in [0.717, 1.165) is 22.9 Å². The van der Waals surface area contributed by atoms with Crippen LogP contribution in [0.25, 0.3) is 0 Å². The number of hydrogen-bond donors (Lipinski definition) is 2. The van der Waals surface area contributed by atoms with E-state index < -0.39 is 6.10 Å². The van der Waals surface area contributed by atoms with Crippen molar-refractivity contribution in [3.8, 4) is 0 Å². The van der Waals surface area contributed by atoms with Crippen LogP contribution in [0.1, 0.15) is 30.9 Å². The Labute approximate surface area is 98.6 Å². The highest BCUT2D eigenvalue weighted by molar-refractivity contribution is 9.10. The van der Waals surface area contributed by atoms with Crippen molar-refractivity contribution in [2.24, 2.45) is 11.1 Å². The average Bonchev–Trinajstić information content (AvgIpc) is 2.18. The van der Waals surface area contributed by atoms with Crippen molar-refractivity contribution in [1.29, 1.82) is 0 Å². The van der Waals surface area contributed by atoms with Gasteiger partial charge in [0.1, 0.15) is 0 Å². The molecule has 2 nitrogen and oxygen atoms in total. The lowest BCUT2D eigenvalue weighted by atomic mass is 9.63. The molecule has 1 aliphatic rings. The zero-order valence-electron chi connectivity index (χ0n) is 8.62. The quantitative estimate of drug-likeness (QED) is 0.886. The second-order valence-electron chi connectivity index (χ2n) is 4.37. The number of rotatable bonds is 3. The van der Waals surface area contributed by atoms with Crippen LogP contribution in [-0.2, 0) is 0 Å². The molecule has 15 heavy (non-hydrogen) atoms. The molecule has 1 aliphatic carbocycles. The van der Waals surface area contributed by atoms with Crippen molar-refractivity contribution in [2.45, 2.75) is 25.4 Å². The molecule has 3 N–H and O–H groups in total. The standard InChI is InChI=1S/C12H16BrNO/c13-10-4-2-9(3-5-10)11(15)12(8-14)6-1-7-12/h2-5,11,15H,1,6-8,14H2. The van der Waals surface area contributed by atoms with Gasteiger partial charge in [-0.15, -0.1) is 0 Å². The number of aliphatic hydroxyl groups is 1. The monoisotopic (exact) mass is 269 g/mol. The molecule has 1 fully saturated rings. The first-order valence-electron chi connectivity index (χ1n) is 5.31. The molecule has 0 amide bonds. The smallest absolute Gasteiger partial charge is 0.0858 e. The van der Waals surface area contributed by atoms with Gasteiger partial charge in [-0.2, -0.15) is 0 Å². The molecule has 1 unspecified atom stereocenters. The van der Waals surface area contributed by atoms with E-state index in [1.807, 2.05) is 24.3 Å². The van der Waals surface area contributed by atoms with Crippen LogP contribution in [0.3, 0.4) is 0 Å². The van der Waals surface area contributed by atoms with Crippen molar-refractivity contribution in [3.05, 3.63) is 34.3 Å². The Kier molecular flexibility index (Phi) is 3.14. The first-order valence-corrected chi connectivity index (χ1v) is 6.11. The second-order valence-corrected chi connectivity index (χ2v) is 5.29. The molecule has 1 atom stereocenters. The van der Waals surface area contributed by atoms with E-state index >= 15 is 0 Å². The fraction of sp³-hybridized carbons (Fsp3) is 0.500. The van der Waals surface area contributed by atoms with Gasteiger partial charge in [0.15, 0.2) is 0 Å². The molecule has 2 rings (SSSR count). The summed E-state index contributed by atoms with van der Waals surface area (Å²) in [5.41, 5.74) is 6.68. The van der Waals surface area contributed by atoms with Crippen molar-refractivity contribution in [1.82, 2.24) is 0 Å². The minimum Gasteiger partial charge on any atom is -0.388 e. The highest BCUT2D eigenvalue weighted by Crippen LogP contribution is 2.49. The van der Waals surface area contributed by atoms with Gasteiger partial charge in [0, 0.05) is 16.4 Å². The predicted molar refractivity (Wildman–Crippen MR) is 64.4 cm³/mol. The molecule has 82 valence electrons. The second kappa shape index (κ2) is 4.24. The van der Waals surface area contributed by atoms with Gasteiger partial charge in [0.25, 0.3) is 0 Å². The van der Waals surface area contributed by atoms with E-state index in [9.17, 15) is 5.11 Å². The summed E-state index contributed by atoms with van der Waals surface area (Å²) in [6, 6.07) is 7.85. The summed E-state index contributed by atoms with van der Waals surface area (Å²) >= 11 is 3.39. The van der Waals surface area contributed by atoms with E-state index in [1.165, 1.54) is 6.42 Å². The fourth-order valence-electron chi connectivity index (χ4n) is 2.22. The lowest BCUT2D eigenvalue weighted by Crippen LogP contribution is -2.42. The molecule has 1 aromatic carbocycles. The van der Waals surface area contributed by atoms with Crippen LogP contribution >= 0.6 is 15.9 Å². The van der Waals surface area contributed by atoms with Gasteiger partial charge in [-0.1, -0.05) is 34.5 Å². The van der Waals surface area contributed by atoms with Crippen molar-refractivity contribution in [2.75, 3.05) is 6.54 Å². The Morgan fingerprint density at radius 3 is 2.33 bits per heavy atom. The van der Waals surface area contributed by atoms with Crippen LogP contribution in [0.15, 0.2) is 28.7 Å². The van der Waals surface area contributed by atoms with Crippen LogP contribution in [0.5, 0.6) is 0 Å². The van der Waals surface area contributed by atoms with Crippen LogP contribution < -0.4 is 5.73 Å². The van der Waals surface area contributed by atoms with Gasteiger partial charge in [0.05, 0.1) is 6.10 Å². The highest BCUT2D eigenvalue weighted by atomic mass is 79.9. The van der Waals surface area contributed by atoms with E-state index in [-0.39, 0.29) is 5.41 Å². The maximum absolute atomic E-state index is 10.3. The fourth-order valence-corrected chi connectivity index (χ4v) is 2.48. The Morgan fingerprint density at radius 1 is 1.33 bits per heavy atom. The van der Waals surface area contributed by atoms with Gasteiger partial charge in [-0.25, -0.2) is 0 Å². The van der Waals surface area contributed by atoms with Crippen molar-refractivity contribution >= 4 is 15.9 Å². The molecule has 0 bridgehead atoms. The number of aliphatic hydroxyl groups excluding tert-OH is 1. The third-order valence-corrected chi connectivity index (χ3v) is 4.05. The molecule has 0 spiro atoms. The lowest BCUT2D eigenvalue weighted by Gasteiger charge is -2.44. The molecule has 0 aromatic heterocycles. The molecular formula is C12H16BrNO. The van der Waals surface area contributed by atoms with E-state index in [4.69, 9.17) is 5.73 Å². The summed E-state index contributed by atoms with van der Waals surface area (Å²) in [4.78, 5) is 0. The van der Waals surface area contributed by atoms with Crippen LogP contribution in [0.2, 0.25) is 0 Å². The predicted octanol–water partition coefficient (Wildman–Crippen LogP) is 2.61. The van der Waals surface area contributed by atoms with Crippen molar-refractivity contribution < 1.29 is 5.11 Å². The molecule has 3 heteroatoms. The summed E-state index contributed by atoms with van der Waals surface area (Å²) in [6.45, 7) is 0.574.